The topological polar surface area (TPSA) is 72.6 Å². The van der Waals surface area contributed by atoms with Crippen molar-refractivity contribution in [3.05, 3.63) is 60.2 Å². The van der Waals surface area contributed by atoms with Gasteiger partial charge in [-0.2, -0.15) is 0 Å². The van der Waals surface area contributed by atoms with E-state index >= 15 is 0 Å². The third kappa shape index (κ3) is 4.97. The monoisotopic (exact) mass is 365 g/mol. The Balaban J connectivity index is 1.64. The summed E-state index contributed by atoms with van der Waals surface area (Å²) < 4.78 is 11.2. The molecule has 0 aliphatic carbocycles. The van der Waals surface area contributed by atoms with Gasteiger partial charge in [-0.05, 0) is 55.2 Å². The van der Waals surface area contributed by atoms with Crippen LogP contribution in [0.15, 0.2) is 59.1 Å². The van der Waals surface area contributed by atoms with Crippen LogP contribution in [0.3, 0.4) is 0 Å². The summed E-state index contributed by atoms with van der Waals surface area (Å²) in [6.07, 6.45) is 2.21. The number of benzene rings is 2. The number of aromatic nitrogens is 1. The minimum atomic E-state index is -0.950. The fourth-order valence-corrected chi connectivity index (χ4v) is 2.73. The summed E-state index contributed by atoms with van der Waals surface area (Å²) in [6.45, 7) is 5.14. The Kier molecular flexibility index (Phi) is 5.91. The number of ether oxygens (including phenoxy) is 1. The molecule has 0 saturated carbocycles. The fraction of sp³-hybridized carbons (Fsp3) is 0.273. The summed E-state index contributed by atoms with van der Waals surface area (Å²) in [5.41, 5.74) is 2.62. The van der Waals surface area contributed by atoms with Gasteiger partial charge in [-0.15, -0.1) is 0 Å². The molecule has 0 atom stereocenters. The van der Waals surface area contributed by atoms with E-state index in [0.717, 1.165) is 36.3 Å². The first kappa shape index (κ1) is 18.7. The zero-order valence-electron chi connectivity index (χ0n) is 15.5. The lowest BCUT2D eigenvalue weighted by Gasteiger charge is -2.07. The Morgan fingerprint density at radius 1 is 1.07 bits per heavy atom. The van der Waals surface area contributed by atoms with Gasteiger partial charge in [0.15, 0.2) is 5.76 Å². The highest BCUT2D eigenvalue weighted by Gasteiger charge is 2.10. The number of carboxylic acid groups (broad SMARTS) is 1. The molecule has 0 spiro atoms. The maximum atomic E-state index is 10.9. The van der Waals surface area contributed by atoms with Crippen LogP contribution in [0.1, 0.15) is 37.0 Å². The molecule has 3 rings (SSSR count). The van der Waals surface area contributed by atoms with E-state index in [1.54, 1.807) is 24.3 Å². The molecule has 1 heterocycles. The second kappa shape index (κ2) is 8.54. The van der Waals surface area contributed by atoms with Crippen molar-refractivity contribution in [3.63, 3.8) is 0 Å². The maximum absolute atomic E-state index is 10.9. The summed E-state index contributed by atoms with van der Waals surface area (Å²) in [5, 5.41) is 13.1. The molecule has 2 aromatic carbocycles. The van der Waals surface area contributed by atoms with Gasteiger partial charge >= 0.3 is 5.97 Å². The van der Waals surface area contributed by atoms with Crippen molar-refractivity contribution < 1.29 is 19.2 Å². The van der Waals surface area contributed by atoms with E-state index in [2.05, 4.69) is 19.0 Å². The number of hydrogen-bond acceptors (Lipinski definition) is 4. The van der Waals surface area contributed by atoms with Crippen molar-refractivity contribution in [3.8, 4) is 28.3 Å². The summed E-state index contributed by atoms with van der Waals surface area (Å²) in [7, 11) is 0. The van der Waals surface area contributed by atoms with Crippen molar-refractivity contribution in [2.75, 3.05) is 6.61 Å². The first-order chi connectivity index (χ1) is 13.0. The molecule has 1 aromatic heterocycles. The highest BCUT2D eigenvalue weighted by molar-refractivity contribution is 5.88. The lowest BCUT2D eigenvalue weighted by Crippen LogP contribution is -1.99. The van der Waals surface area contributed by atoms with Crippen LogP contribution in [0.5, 0.6) is 5.75 Å². The van der Waals surface area contributed by atoms with Crippen molar-refractivity contribution in [1.82, 2.24) is 5.16 Å². The SMILES string of the molecule is CC(C)CCCOc1ccc(-c2cc(-c3ccc(C(=O)O)cc3)no2)cc1. The molecule has 0 unspecified atom stereocenters. The zero-order valence-corrected chi connectivity index (χ0v) is 15.5. The van der Waals surface area contributed by atoms with Crippen LogP contribution in [-0.4, -0.2) is 22.8 Å². The second-order valence-corrected chi connectivity index (χ2v) is 6.87. The molecule has 3 aromatic rings. The standard InChI is InChI=1S/C22H23NO4/c1-15(2)4-3-13-26-19-11-9-17(10-12-19)21-14-20(23-27-21)16-5-7-18(8-6-16)22(24)25/h5-12,14-15H,3-4,13H2,1-2H3,(H,24,25). The van der Waals surface area contributed by atoms with Gasteiger partial charge in [0, 0.05) is 17.2 Å². The smallest absolute Gasteiger partial charge is 0.335 e. The Morgan fingerprint density at radius 2 is 1.74 bits per heavy atom. The average molecular weight is 365 g/mol. The van der Waals surface area contributed by atoms with E-state index in [0.29, 0.717) is 17.4 Å². The number of nitrogens with zero attached hydrogens (tertiary/aromatic N) is 1. The molecule has 0 saturated heterocycles. The predicted molar refractivity (Wildman–Crippen MR) is 104 cm³/mol. The molecule has 0 bridgehead atoms. The minimum absolute atomic E-state index is 0.242. The molecule has 140 valence electrons. The maximum Gasteiger partial charge on any atom is 0.335 e. The summed E-state index contributed by atoms with van der Waals surface area (Å²) in [6, 6.07) is 16.1. The molecular formula is C22H23NO4. The predicted octanol–water partition coefficient (Wildman–Crippen LogP) is 5.52. The largest absolute Gasteiger partial charge is 0.494 e. The first-order valence-corrected chi connectivity index (χ1v) is 9.06. The number of rotatable bonds is 8. The van der Waals surface area contributed by atoms with Crippen molar-refractivity contribution in [2.24, 2.45) is 5.92 Å². The molecule has 0 radical (unpaired) electrons. The highest BCUT2D eigenvalue weighted by atomic mass is 16.5. The third-order valence-corrected chi connectivity index (χ3v) is 4.27. The van der Waals surface area contributed by atoms with E-state index in [-0.39, 0.29) is 5.56 Å². The average Bonchev–Trinajstić information content (AvgIpc) is 3.16. The van der Waals surface area contributed by atoms with Gasteiger partial charge in [0.2, 0.25) is 0 Å². The van der Waals surface area contributed by atoms with Crippen LogP contribution in [-0.2, 0) is 0 Å². The van der Waals surface area contributed by atoms with Crippen LogP contribution in [0, 0.1) is 5.92 Å². The molecular weight excluding hydrogens is 342 g/mol. The van der Waals surface area contributed by atoms with Crippen molar-refractivity contribution in [2.45, 2.75) is 26.7 Å². The lowest BCUT2D eigenvalue weighted by atomic mass is 10.1. The Bertz CT molecular complexity index is 879. The Hall–Kier alpha value is -3.08. The van der Waals surface area contributed by atoms with Gasteiger partial charge < -0.3 is 14.4 Å². The van der Waals surface area contributed by atoms with Crippen molar-refractivity contribution in [1.29, 1.82) is 0 Å². The normalized spacial score (nSPS) is 10.9. The molecule has 0 aliphatic heterocycles. The van der Waals surface area contributed by atoms with E-state index in [4.69, 9.17) is 14.4 Å². The molecule has 0 amide bonds. The first-order valence-electron chi connectivity index (χ1n) is 9.06. The molecule has 5 nitrogen and oxygen atoms in total. The molecule has 5 heteroatoms. The second-order valence-electron chi connectivity index (χ2n) is 6.87. The summed E-state index contributed by atoms with van der Waals surface area (Å²) in [5.74, 6) is 1.23. The Morgan fingerprint density at radius 3 is 2.37 bits per heavy atom. The van der Waals surface area contributed by atoms with Crippen LogP contribution >= 0.6 is 0 Å². The zero-order chi connectivity index (χ0) is 19.2. The lowest BCUT2D eigenvalue weighted by molar-refractivity contribution is 0.0697. The van der Waals surface area contributed by atoms with Gasteiger partial charge in [0.25, 0.3) is 0 Å². The van der Waals surface area contributed by atoms with Crippen LogP contribution in [0.4, 0.5) is 0 Å². The van der Waals surface area contributed by atoms with Gasteiger partial charge in [-0.1, -0.05) is 31.1 Å². The van der Waals surface area contributed by atoms with E-state index in [1.165, 1.54) is 0 Å². The minimum Gasteiger partial charge on any atom is -0.494 e. The number of carboxylic acids is 1. The van der Waals surface area contributed by atoms with Gasteiger partial charge in [-0.25, -0.2) is 4.79 Å². The van der Waals surface area contributed by atoms with Gasteiger partial charge in [0.1, 0.15) is 11.4 Å². The van der Waals surface area contributed by atoms with Gasteiger partial charge in [0.05, 0.1) is 12.2 Å². The quantitative estimate of drug-likeness (QED) is 0.532. The third-order valence-electron chi connectivity index (χ3n) is 4.27. The van der Waals surface area contributed by atoms with Gasteiger partial charge in [-0.3, -0.25) is 0 Å². The van der Waals surface area contributed by atoms with E-state index in [9.17, 15) is 4.79 Å². The fourth-order valence-electron chi connectivity index (χ4n) is 2.73. The summed E-state index contributed by atoms with van der Waals surface area (Å²) >= 11 is 0. The number of carbonyl (C=O) groups is 1. The summed E-state index contributed by atoms with van der Waals surface area (Å²) in [4.78, 5) is 10.9. The molecule has 0 fully saturated rings. The highest BCUT2D eigenvalue weighted by Crippen LogP contribution is 2.27. The Labute approximate surface area is 158 Å². The van der Waals surface area contributed by atoms with Crippen molar-refractivity contribution >= 4 is 5.97 Å². The van der Waals surface area contributed by atoms with E-state index in [1.807, 2.05) is 30.3 Å². The number of hydrogen-bond donors (Lipinski definition) is 1. The van der Waals surface area contributed by atoms with E-state index < -0.39 is 5.97 Å². The van der Waals surface area contributed by atoms with Crippen LogP contribution in [0.25, 0.3) is 22.6 Å². The van der Waals surface area contributed by atoms with Crippen LogP contribution < -0.4 is 4.74 Å². The number of aromatic carboxylic acids is 1. The molecule has 1 N–H and O–H groups in total. The molecule has 0 aliphatic rings. The molecule has 27 heavy (non-hydrogen) atoms. The van der Waals surface area contributed by atoms with Crippen LogP contribution in [0.2, 0.25) is 0 Å².